The highest BCUT2D eigenvalue weighted by Crippen LogP contribution is 2.31. The van der Waals surface area contributed by atoms with Crippen molar-refractivity contribution in [2.24, 2.45) is 5.92 Å². The van der Waals surface area contributed by atoms with Gasteiger partial charge in [0.15, 0.2) is 0 Å². The predicted molar refractivity (Wildman–Crippen MR) is 106 cm³/mol. The van der Waals surface area contributed by atoms with E-state index in [0.717, 1.165) is 43.0 Å². The Hall–Kier alpha value is -2.69. The third-order valence-electron chi connectivity index (χ3n) is 5.43. The Kier molecular flexibility index (Phi) is 5.19. The summed E-state index contributed by atoms with van der Waals surface area (Å²) in [4.78, 5) is 14.9. The number of carbonyl (C=O) groups excluding carboxylic acids is 1. The zero-order valence-electron chi connectivity index (χ0n) is 15.7. The fraction of sp³-hybridized carbons (Fsp3) is 0.409. The number of para-hydroxylation sites is 1. The Labute approximate surface area is 160 Å². The van der Waals surface area contributed by atoms with Crippen LogP contribution < -0.4 is 19.7 Å². The van der Waals surface area contributed by atoms with Gasteiger partial charge in [0, 0.05) is 25.3 Å². The normalized spacial score (nSPS) is 17.7. The second-order valence-electron chi connectivity index (χ2n) is 7.20. The molecule has 0 bridgehead atoms. The standard InChI is InChI=1S/C22H26N2O3/c1-26-19-7-8-21-17(14-19)13-18(15-27-21)22(25)23-10-4-11-24-12-9-16-5-2-3-6-20(16)24/h2-3,5-8,14,18H,4,9-13,15H2,1H3,(H,23,25)/t18-/m0/s1. The van der Waals surface area contributed by atoms with Crippen molar-refractivity contribution in [1.29, 1.82) is 0 Å². The largest absolute Gasteiger partial charge is 0.497 e. The van der Waals surface area contributed by atoms with Crippen molar-refractivity contribution in [2.45, 2.75) is 19.3 Å². The summed E-state index contributed by atoms with van der Waals surface area (Å²) in [6.45, 7) is 3.17. The first-order chi connectivity index (χ1) is 13.2. The molecule has 0 unspecified atom stereocenters. The maximum absolute atomic E-state index is 12.5. The van der Waals surface area contributed by atoms with Crippen LogP contribution in [0.4, 0.5) is 5.69 Å². The van der Waals surface area contributed by atoms with E-state index in [0.29, 0.717) is 19.6 Å². The van der Waals surface area contributed by atoms with Crippen molar-refractivity contribution in [3.8, 4) is 11.5 Å². The quantitative estimate of drug-likeness (QED) is 0.799. The van der Waals surface area contributed by atoms with Gasteiger partial charge in [-0.1, -0.05) is 18.2 Å². The molecule has 5 nitrogen and oxygen atoms in total. The molecule has 0 aliphatic carbocycles. The minimum Gasteiger partial charge on any atom is -0.497 e. The number of methoxy groups -OCH3 is 1. The third-order valence-corrected chi connectivity index (χ3v) is 5.43. The van der Waals surface area contributed by atoms with Crippen molar-refractivity contribution in [3.63, 3.8) is 0 Å². The molecular formula is C22H26N2O3. The second-order valence-corrected chi connectivity index (χ2v) is 7.20. The van der Waals surface area contributed by atoms with Crippen LogP contribution in [-0.2, 0) is 17.6 Å². The SMILES string of the molecule is COc1ccc2c(c1)C[C@H](C(=O)NCCCN1CCc3ccccc31)CO2. The Balaban J connectivity index is 1.24. The molecule has 0 fully saturated rings. The van der Waals surface area contributed by atoms with Crippen molar-refractivity contribution >= 4 is 11.6 Å². The van der Waals surface area contributed by atoms with Crippen molar-refractivity contribution in [1.82, 2.24) is 5.32 Å². The van der Waals surface area contributed by atoms with Crippen LogP contribution in [0.25, 0.3) is 0 Å². The number of anilines is 1. The molecule has 0 radical (unpaired) electrons. The summed E-state index contributed by atoms with van der Waals surface area (Å²) >= 11 is 0. The number of hydrogen-bond acceptors (Lipinski definition) is 4. The molecule has 4 rings (SSSR count). The molecule has 1 atom stereocenters. The highest BCUT2D eigenvalue weighted by molar-refractivity contribution is 5.79. The lowest BCUT2D eigenvalue weighted by atomic mass is 9.96. The lowest BCUT2D eigenvalue weighted by Crippen LogP contribution is -2.38. The second kappa shape index (κ2) is 7.91. The van der Waals surface area contributed by atoms with Crippen LogP contribution in [0.2, 0.25) is 0 Å². The van der Waals surface area contributed by atoms with E-state index in [1.165, 1.54) is 11.3 Å². The van der Waals surface area contributed by atoms with Gasteiger partial charge in [-0.3, -0.25) is 4.79 Å². The number of amides is 1. The summed E-state index contributed by atoms with van der Waals surface area (Å²) in [6, 6.07) is 14.3. The lowest BCUT2D eigenvalue weighted by Gasteiger charge is -2.25. The van der Waals surface area contributed by atoms with Crippen LogP contribution in [0.3, 0.4) is 0 Å². The van der Waals surface area contributed by atoms with E-state index in [4.69, 9.17) is 9.47 Å². The van der Waals surface area contributed by atoms with Crippen LogP contribution in [0, 0.1) is 5.92 Å². The first-order valence-electron chi connectivity index (χ1n) is 9.65. The van der Waals surface area contributed by atoms with Gasteiger partial charge < -0.3 is 19.7 Å². The summed E-state index contributed by atoms with van der Waals surface area (Å²) in [6.07, 6.45) is 2.75. The van der Waals surface area contributed by atoms with Crippen LogP contribution in [0.1, 0.15) is 17.5 Å². The molecule has 0 spiro atoms. The molecule has 142 valence electrons. The molecule has 0 saturated heterocycles. The fourth-order valence-corrected chi connectivity index (χ4v) is 3.93. The van der Waals surface area contributed by atoms with Gasteiger partial charge in [-0.15, -0.1) is 0 Å². The first-order valence-corrected chi connectivity index (χ1v) is 9.65. The molecule has 2 heterocycles. The van der Waals surface area contributed by atoms with Crippen LogP contribution in [0.15, 0.2) is 42.5 Å². The number of nitrogens with one attached hydrogen (secondary N) is 1. The van der Waals surface area contributed by atoms with Gasteiger partial charge in [0.25, 0.3) is 0 Å². The molecule has 2 aromatic rings. The summed E-state index contributed by atoms with van der Waals surface area (Å²) in [7, 11) is 1.65. The molecular weight excluding hydrogens is 340 g/mol. The average molecular weight is 366 g/mol. The summed E-state index contributed by atoms with van der Waals surface area (Å²) < 4.78 is 11.0. The zero-order valence-corrected chi connectivity index (χ0v) is 15.7. The van der Waals surface area contributed by atoms with Crippen molar-refractivity contribution < 1.29 is 14.3 Å². The smallest absolute Gasteiger partial charge is 0.226 e. The molecule has 1 N–H and O–H groups in total. The Morgan fingerprint density at radius 3 is 3.04 bits per heavy atom. The van der Waals surface area contributed by atoms with E-state index in [2.05, 4.69) is 34.5 Å². The maximum atomic E-state index is 12.5. The van der Waals surface area contributed by atoms with Gasteiger partial charge in [-0.05, 0) is 54.7 Å². The number of ether oxygens (including phenoxy) is 2. The van der Waals surface area contributed by atoms with Gasteiger partial charge in [-0.2, -0.15) is 0 Å². The molecule has 5 heteroatoms. The van der Waals surface area contributed by atoms with Gasteiger partial charge in [0.1, 0.15) is 18.1 Å². The minimum atomic E-state index is -0.142. The van der Waals surface area contributed by atoms with E-state index in [9.17, 15) is 4.79 Å². The summed E-state index contributed by atoms with van der Waals surface area (Å²) in [5.74, 6) is 1.58. The van der Waals surface area contributed by atoms with Crippen LogP contribution in [0.5, 0.6) is 11.5 Å². The van der Waals surface area contributed by atoms with E-state index in [1.54, 1.807) is 7.11 Å². The molecule has 2 aliphatic heterocycles. The van der Waals surface area contributed by atoms with E-state index < -0.39 is 0 Å². The Morgan fingerprint density at radius 1 is 1.26 bits per heavy atom. The number of fused-ring (bicyclic) bond motifs is 2. The van der Waals surface area contributed by atoms with E-state index >= 15 is 0 Å². The molecule has 0 aromatic heterocycles. The van der Waals surface area contributed by atoms with Gasteiger partial charge in [-0.25, -0.2) is 0 Å². The van der Waals surface area contributed by atoms with E-state index in [-0.39, 0.29) is 11.8 Å². The Morgan fingerprint density at radius 2 is 2.15 bits per heavy atom. The molecule has 0 saturated carbocycles. The number of rotatable bonds is 6. The summed E-state index contributed by atoms with van der Waals surface area (Å²) in [5.41, 5.74) is 3.81. The molecule has 2 aliphatic rings. The molecule has 27 heavy (non-hydrogen) atoms. The van der Waals surface area contributed by atoms with Gasteiger partial charge in [0.2, 0.25) is 5.91 Å². The molecule has 2 aromatic carbocycles. The van der Waals surface area contributed by atoms with Crippen LogP contribution in [-0.4, -0.2) is 39.3 Å². The highest BCUT2D eigenvalue weighted by Gasteiger charge is 2.26. The van der Waals surface area contributed by atoms with Crippen molar-refractivity contribution in [3.05, 3.63) is 53.6 Å². The number of nitrogens with zero attached hydrogens (tertiary/aromatic N) is 1. The van der Waals surface area contributed by atoms with Gasteiger partial charge in [0.05, 0.1) is 13.0 Å². The van der Waals surface area contributed by atoms with Crippen LogP contribution >= 0.6 is 0 Å². The number of benzene rings is 2. The average Bonchev–Trinajstić information content (AvgIpc) is 3.13. The highest BCUT2D eigenvalue weighted by atomic mass is 16.5. The first kappa shape index (κ1) is 17.7. The Bertz CT molecular complexity index is 821. The topological polar surface area (TPSA) is 50.8 Å². The number of carbonyl (C=O) groups is 1. The van der Waals surface area contributed by atoms with Gasteiger partial charge >= 0.3 is 0 Å². The summed E-state index contributed by atoms with van der Waals surface area (Å²) in [5, 5.41) is 3.08. The lowest BCUT2D eigenvalue weighted by molar-refractivity contribution is -0.126. The zero-order chi connectivity index (χ0) is 18.6. The van der Waals surface area contributed by atoms with Crippen molar-refractivity contribution in [2.75, 3.05) is 38.3 Å². The minimum absolute atomic E-state index is 0.0743. The fourth-order valence-electron chi connectivity index (χ4n) is 3.93. The van der Waals surface area contributed by atoms with E-state index in [1.807, 2.05) is 18.2 Å². The predicted octanol–water partition coefficient (Wildman–Crippen LogP) is 2.82. The third kappa shape index (κ3) is 3.87. The molecule has 1 amide bonds. The monoisotopic (exact) mass is 366 g/mol. The number of hydrogen-bond donors (Lipinski definition) is 1. The maximum Gasteiger partial charge on any atom is 0.226 e.